The molecule has 0 aliphatic carbocycles. The van der Waals surface area contributed by atoms with Crippen molar-refractivity contribution in [3.8, 4) is 0 Å². The van der Waals surface area contributed by atoms with E-state index in [1.54, 1.807) is 18.1 Å². The summed E-state index contributed by atoms with van der Waals surface area (Å²) in [6, 6.07) is 5.89. The van der Waals surface area contributed by atoms with Crippen LogP contribution in [0.4, 0.5) is 11.7 Å². The van der Waals surface area contributed by atoms with Crippen molar-refractivity contribution in [1.29, 1.82) is 0 Å². The number of nitrogens with zero attached hydrogens (tertiary/aromatic N) is 3. The number of hydrogen-bond donors (Lipinski definition) is 2. The van der Waals surface area contributed by atoms with Crippen LogP contribution in [0.25, 0.3) is 0 Å². The molecule has 0 saturated carbocycles. The highest BCUT2D eigenvalue weighted by molar-refractivity contribution is 6.08. The van der Waals surface area contributed by atoms with Crippen molar-refractivity contribution >= 4 is 23.5 Å². The first-order valence-corrected chi connectivity index (χ1v) is 12.4. The van der Waals surface area contributed by atoms with Crippen LogP contribution in [0.1, 0.15) is 60.5 Å². The Bertz CT molecular complexity index is 1040. The zero-order valence-electron chi connectivity index (χ0n) is 22.2. The van der Waals surface area contributed by atoms with Crippen molar-refractivity contribution in [2.24, 2.45) is 0 Å². The van der Waals surface area contributed by atoms with Crippen LogP contribution in [0.2, 0.25) is 0 Å². The molecule has 2 N–H and O–H groups in total. The lowest BCUT2D eigenvalue weighted by atomic mass is 10.00. The molecule has 1 atom stereocenters. The third kappa shape index (κ3) is 6.83. The van der Waals surface area contributed by atoms with E-state index in [1.165, 1.54) is 6.26 Å². The van der Waals surface area contributed by atoms with E-state index in [9.17, 15) is 9.59 Å². The number of hydrogen-bond acceptors (Lipinski definition) is 8. The molecular formula is C26H39N5O5. The molecule has 2 aromatic rings. The normalized spacial score (nSPS) is 16.4. The van der Waals surface area contributed by atoms with E-state index in [4.69, 9.17) is 13.9 Å². The Balaban J connectivity index is 1.80. The molecule has 1 fully saturated rings. The van der Waals surface area contributed by atoms with Crippen LogP contribution in [-0.4, -0.2) is 80.3 Å². The lowest BCUT2D eigenvalue weighted by molar-refractivity contribution is -0.0552. The minimum Gasteiger partial charge on any atom is -0.431 e. The Morgan fingerprint density at radius 3 is 2.78 bits per heavy atom. The highest BCUT2D eigenvalue weighted by Gasteiger charge is 2.30. The van der Waals surface area contributed by atoms with Crippen molar-refractivity contribution in [2.45, 2.75) is 52.2 Å². The standard InChI is InChI=1S/C26H39N5O5/c1-7-10-27-23(32)20-13-19(14-31-11-12-35-17-26(31,3)4)8-9-21(20)28-24(33)22-16-36-25(29-22)30(5)18(2)15-34-6/h8-9,13,16,18H,7,10-12,14-15,17H2,1-6H3,(H,27,32)(H,28,33)/t18-/m1/s1. The fraction of sp³-hybridized carbons (Fsp3) is 0.577. The summed E-state index contributed by atoms with van der Waals surface area (Å²) in [5, 5.41) is 5.75. The van der Waals surface area contributed by atoms with Crippen LogP contribution in [-0.2, 0) is 16.0 Å². The molecule has 1 aromatic carbocycles. The number of rotatable bonds is 11. The fourth-order valence-electron chi connectivity index (χ4n) is 3.98. The van der Waals surface area contributed by atoms with Crippen LogP contribution in [0.3, 0.4) is 0 Å². The second-order valence-corrected chi connectivity index (χ2v) is 9.81. The topological polar surface area (TPSA) is 109 Å². The van der Waals surface area contributed by atoms with Gasteiger partial charge in [0.1, 0.15) is 6.26 Å². The number of carbonyl (C=O) groups is 2. The van der Waals surface area contributed by atoms with Crippen LogP contribution >= 0.6 is 0 Å². The maximum atomic E-state index is 13.0. The first kappa shape index (κ1) is 27.6. The highest BCUT2D eigenvalue weighted by atomic mass is 16.5. The monoisotopic (exact) mass is 501 g/mol. The molecule has 1 aromatic heterocycles. The van der Waals surface area contributed by atoms with Gasteiger partial charge in [0.25, 0.3) is 17.8 Å². The van der Waals surface area contributed by atoms with Crippen LogP contribution in [0.5, 0.6) is 0 Å². The minimum absolute atomic E-state index is 0.0161. The molecule has 1 saturated heterocycles. The maximum Gasteiger partial charge on any atom is 0.298 e. The number of oxazole rings is 1. The summed E-state index contributed by atoms with van der Waals surface area (Å²) in [6.07, 6.45) is 2.12. The largest absolute Gasteiger partial charge is 0.431 e. The van der Waals surface area contributed by atoms with Crippen molar-refractivity contribution in [3.63, 3.8) is 0 Å². The number of amides is 2. The summed E-state index contributed by atoms with van der Waals surface area (Å²) < 4.78 is 16.3. The van der Waals surface area contributed by atoms with Crippen LogP contribution in [0.15, 0.2) is 28.9 Å². The molecule has 1 aliphatic heterocycles. The number of carbonyl (C=O) groups excluding carboxylic acids is 2. The Morgan fingerprint density at radius 1 is 1.31 bits per heavy atom. The van der Waals surface area contributed by atoms with Gasteiger partial charge in [-0.15, -0.1) is 0 Å². The van der Waals surface area contributed by atoms with Crippen molar-refractivity contribution < 1.29 is 23.5 Å². The predicted octanol–water partition coefficient (Wildman–Crippen LogP) is 3.15. The summed E-state index contributed by atoms with van der Waals surface area (Å²) in [5.41, 5.74) is 1.84. The Kier molecular flexibility index (Phi) is 9.47. The van der Waals surface area contributed by atoms with Crippen LogP contribution in [0, 0.1) is 0 Å². The van der Waals surface area contributed by atoms with Gasteiger partial charge in [-0.3, -0.25) is 14.5 Å². The van der Waals surface area contributed by atoms with Crippen LogP contribution < -0.4 is 15.5 Å². The molecule has 3 rings (SSSR count). The number of ether oxygens (including phenoxy) is 2. The van der Waals surface area contributed by atoms with E-state index < -0.39 is 5.91 Å². The fourth-order valence-corrected chi connectivity index (χ4v) is 3.98. The zero-order chi connectivity index (χ0) is 26.3. The van der Waals surface area contributed by atoms with Gasteiger partial charge in [-0.2, -0.15) is 4.98 Å². The van der Waals surface area contributed by atoms with E-state index in [1.807, 2.05) is 33.0 Å². The molecule has 198 valence electrons. The summed E-state index contributed by atoms with van der Waals surface area (Å²) in [6.45, 7) is 12.1. The molecule has 2 amide bonds. The number of aromatic nitrogens is 1. The van der Waals surface area contributed by atoms with E-state index in [-0.39, 0.29) is 23.2 Å². The summed E-state index contributed by atoms with van der Waals surface area (Å²) in [4.78, 5) is 34.4. The minimum atomic E-state index is -0.454. The number of morpholine rings is 1. The molecule has 0 spiro atoms. The van der Waals surface area contributed by atoms with E-state index in [2.05, 4.69) is 34.4 Å². The average Bonchev–Trinajstić information content (AvgIpc) is 3.35. The second-order valence-electron chi connectivity index (χ2n) is 9.81. The molecule has 1 aliphatic rings. The zero-order valence-corrected chi connectivity index (χ0v) is 22.2. The van der Waals surface area contributed by atoms with Gasteiger partial charge < -0.3 is 29.4 Å². The molecular weight excluding hydrogens is 462 g/mol. The molecule has 36 heavy (non-hydrogen) atoms. The number of nitrogens with one attached hydrogen (secondary N) is 2. The quantitative estimate of drug-likeness (QED) is 0.483. The Hall–Kier alpha value is -2.95. The summed E-state index contributed by atoms with van der Waals surface area (Å²) in [5.74, 6) is -0.686. The number of benzene rings is 1. The van der Waals surface area contributed by atoms with E-state index >= 15 is 0 Å². The molecule has 10 heteroatoms. The number of anilines is 2. The van der Waals surface area contributed by atoms with Gasteiger partial charge in [-0.1, -0.05) is 13.0 Å². The Labute approximate surface area is 213 Å². The third-order valence-corrected chi connectivity index (χ3v) is 6.40. The molecule has 0 unspecified atom stereocenters. The van der Waals surface area contributed by atoms with Gasteiger partial charge in [0.05, 0.1) is 37.1 Å². The first-order valence-electron chi connectivity index (χ1n) is 12.4. The number of likely N-dealkylation sites (N-methyl/N-ethyl adjacent to an activating group) is 1. The Morgan fingerprint density at radius 2 is 2.08 bits per heavy atom. The van der Waals surface area contributed by atoms with Crippen molar-refractivity contribution in [3.05, 3.63) is 41.3 Å². The van der Waals surface area contributed by atoms with Gasteiger partial charge in [-0.05, 0) is 44.9 Å². The molecule has 0 bridgehead atoms. The van der Waals surface area contributed by atoms with Gasteiger partial charge in [0.2, 0.25) is 0 Å². The average molecular weight is 502 g/mol. The molecule has 0 radical (unpaired) electrons. The predicted molar refractivity (Wildman–Crippen MR) is 139 cm³/mol. The number of methoxy groups -OCH3 is 1. The van der Waals surface area contributed by atoms with E-state index in [0.29, 0.717) is 50.2 Å². The van der Waals surface area contributed by atoms with Crippen molar-refractivity contribution in [1.82, 2.24) is 15.2 Å². The van der Waals surface area contributed by atoms with Gasteiger partial charge >= 0.3 is 0 Å². The lowest BCUT2D eigenvalue weighted by Crippen LogP contribution is -2.52. The highest BCUT2D eigenvalue weighted by Crippen LogP contribution is 2.25. The second kappa shape index (κ2) is 12.3. The van der Waals surface area contributed by atoms with Gasteiger partial charge in [-0.25, -0.2) is 0 Å². The lowest BCUT2D eigenvalue weighted by Gasteiger charge is -2.42. The van der Waals surface area contributed by atoms with Crippen molar-refractivity contribution in [2.75, 3.05) is 57.3 Å². The van der Waals surface area contributed by atoms with Gasteiger partial charge in [0, 0.05) is 39.3 Å². The maximum absolute atomic E-state index is 13.0. The van der Waals surface area contributed by atoms with E-state index in [0.717, 1.165) is 18.5 Å². The van der Waals surface area contributed by atoms with Gasteiger partial charge in [0.15, 0.2) is 5.69 Å². The molecule has 2 heterocycles. The first-order chi connectivity index (χ1) is 17.2. The summed E-state index contributed by atoms with van der Waals surface area (Å²) in [7, 11) is 3.45. The SMILES string of the molecule is CCCNC(=O)c1cc(CN2CCOCC2(C)C)ccc1NC(=O)c1coc(N(C)[C@H](C)COC)n1. The smallest absolute Gasteiger partial charge is 0.298 e. The molecule has 10 nitrogen and oxygen atoms in total. The summed E-state index contributed by atoms with van der Waals surface area (Å²) >= 11 is 0. The third-order valence-electron chi connectivity index (χ3n) is 6.40.